The van der Waals surface area contributed by atoms with Crippen LogP contribution in [0, 0.1) is 0 Å². The van der Waals surface area contributed by atoms with E-state index in [1.54, 1.807) is 4.90 Å². The molecule has 2 aliphatic heterocycles. The average Bonchev–Trinajstić information content (AvgIpc) is 2.73. The van der Waals surface area contributed by atoms with Gasteiger partial charge in [-0.25, -0.2) is 0 Å². The number of amides is 1. The lowest BCUT2D eigenvalue weighted by molar-refractivity contribution is -0.171. The van der Waals surface area contributed by atoms with Crippen molar-refractivity contribution in [3.8, 4) is 0 Å². The molecule has 0 radical (unpaired) electrons. The summed E-state index contributed by atoms with van der Waals surface area (Å²) in [5.41, 5.74) is 0.0505. The molecule has 0 atom stereocenters. The van der Waals surface area contributed by atoms with Gasteiger partial charge in [0.15, 0.2) is 0 Å². The van der Waals surface area contributed by atoms with Gasteiger partial charge in [-0.2, -0.15) is 13.2 Å². The number of ether oxygens (including phenoxy) is 1. The zero-order chi connectivity index (χ0) is 23.7. The van der Waals surface area contributed by atoms with Crippen molar-refractivity contribution >= 4 is 34.1 Å². The standard InChI is InChI=1S/C19H23ClF3N3O3/c1-24-6-8-25(9-7-24)14-2-3-15(17(20)27)16(12-14)26(18(28)19(21,22)23)13-4-10-29-11-5-13/h2-3,12-13H,4-11H2,1H3/i1D3. The summed E-state index contributed by atoms with van der Waals surface area (Å²) in [4.78, 5) is 28.2. The summed E-state index contributed by atoms with van der Waals surface area (Å²) in [6.45, 7) is -0.765. The highest BCUT2D eigenvalue weighted by molar-refractivity contribution is 6.68. The van der Waals surface area contributed by atoms with Gasteiger partial charge >= 0.3 is 12.1 Å². The van der Waals surface area contributed by atoms with Crippen LogP contribution in [0.4, 0.5) is 24.5 Å². The fourth-order valence-electron chi connectivity index (χ4n) is 3.60. The lowest BCUT2D eigenvalue weighted by atomic mass is 10.0. The van der Waals surface area contributed by atoms with Gasteiger partial charge < -0.3 is 19.4 Å². The van der Waals surface area contributed by atoms with Gasteiger partial charge in [-0.15, -0.1) is 0 Å². The molecule has 0 aromatic heterocycles. The highest BCUT2D eigenvalue weighted by atomic mass is 35.5. The molecule has 2 saturated heterocycles. The third-order valence-electron chi connectivity index (χ3n) is 5.11. The normalized spacial score (nSPS) is 21.2. The van der Waals surface area contributed by atoms with Crippen molar-refractivity contribution in [3.05, 3.63) is 23.8 Å². The Morgan fingerprint density at radius 1 is 1.21 bits per heavy atom. The summed E-state index contributed by atoms with van der Waals surface area (Å²) in [5, 5.41) is -0.981. The lowest BCUT2D eigenvalue weighted by Gasteiger charge is -2.37. The third-order valence-corrected chi connectivity index (χ3v) is 5.32. The first-order valence-electron chi connectivity index (χ1n) is 10.7. The predicted molar refractivity (Wildman–Crippen MR) is 104 cm³/mol. The van der Waals surface area contributed by atoms with Crippen molar-refractivity contribution in [2.24, 2.45) is 0 Å². The molecule has 6 nitrogen and oxygen atoms in total. The molecule has 2 heterocycles. The molecule has 1 amide bonds. The summed E-state index contributed by atoms with van der Waals surface area (Å²) in [5.74, 6) is -2.08. The van der Waals surface area contributed by atoms with Crippen LogP contribution in [-0.2, 0) is 9.53 Å². The van der Waals surface area contributed by atoms with Crippen molar-refractivity contribution in [1.29, 1.82) is 0 Å². The smallest absolute Gasteiger partial charge is 0.381 e. The first-order valence-corrected chi connectivity index (χ1v) is 9.59. The quantitative estimate of drug-likeness (QED) is 0.679. The van der Waals surface area contributed by atoms with Gasteiger partial charge in [-0.3, -0.25) is 9.59 Å². The third kappa shape index (κ3) is 5.02. The summed E-state index contributed by atoms with van der Waals surface area (Å²) in [6.07, 6.45) is -4.79. The fraction of sp³-hybridized carbons (Fsp3) is 0.579. The number of anilines is 2. The van der Waals surface area contributed by atoms with Crippen molar-refractivity contribution in [2.75, 3.05) is 56.2 Å². The topological polar surface area (TPSA) is 53.1 Å². The van der Waals surface area contributed by atoms with Gasteiger partial charge in [0.05, 0.1) is 11.3 Å². The van der Waals surface area contributed by atoms with E-state index in [9.17, 15) is 22.8 Å². The Balaban J connectivity index is 1.98. The molecule has 29 heavy (non-hydrogen) atoms. The van der Waals surface area contributed by atoms with Gasteiger partial charge in [0.1, 0.15) is 0 Å². The Hall–Kier alpha value is -1.84. The zero-order valence-corrected chi connectivity index (χ0v) is 16.3. The Labute approximate surface area is 176 Å². The number of hydrogen-bond acceptors (Lipinski definition) is 5. The summed E-state index contributed by atoms with van der Waals surface area (Å²) < 4.78 is 68.2. The summed E-state index contributed by atoms with van der Waals surface area (Å²) >= 11 is 5.65. The monoisotopic (exact) mass is 436 g/mol. The van der Waals surface area contributed by atoms with E-state index in [4.69, 9.17) is 20.5 Å². The van der Waals surface area contributed by atoms with Gasteiger partial charge in [0.2, 0.25) is 0 Å². The maximum Gasteiger partial charge on any atom is 0.471 e. The van der Waals surface area contributed by atoms with E-state index in [2.05, 4.69) is 0 Å². The van der Waals surface area contributed by atoms with Crippen molar-refractivity contribution in [2.45, 2.75) is 25.1 Å². The summed E-state index contributed by atoms with van der Waals surface area (Å²) in [7, 11) is 0. The van der Waals surface area contributed by atoms with Crippen molar-refractivity contribution in [3.63, 3.8) is 0 Å². The highest BCUT2D eigenvalue weighted by Crippen LogP contribution is 2.35. The minimum atomic E-state index is -5.15. The first kappa shape index (κ1) is 18.0. The van der Waals surface area contributed by atoms with Gasteiger partial charge in [-0.1, -0.05) is 0 Å². The van der Waals surface area contributed by atoms with Crippen LogP contribution in [0.2, 0.25) is 0 Å². The number of nitrogens with zero attached hydrogens (tertiary/aromatic N) is 3. The van der Waals surface area contributed by atoms with Gasteiger partial charge in [-0.05, 0) is 49.6 Å². The maximum atomic E-state index is 13.5. The van der Waals surface area contributed by atoms with Crippen LogP contribution in [0.5, 0.6) is 0 Å². The van der Waals surface area contributed by atoms with Crippen LogP contribution in [-0.4, -0.2) is 74.6 Å². The number of halogens is 4. The van der Waals surface area contributed by atoms with Crippen LogP contribution in [0.25, 0.3) is 0 Å². The average molecular weight is 437 g/mol. The van der Waals surface area contributed by atoms with Crippen molar-refractivity contribution in [1.82, 2.24) is 4.90 Å². The molecule has 0 aliphatic carbocycles. The number of alkyl halides is 3. The minimum absolute atomic E-state index is 0.180. The number of likely N-dealkylation sites (N-methyl/N-ethyl adjacent to an activating group) is 1. The first-order chi connectivity index (χ1) is 14.9. The van der Waals surface area contributed by atoms with E-state index in [1.165, 1.54) is 23.1 Å². The Kier molecular flexibility index (Phi) is 5.51. The molecule has 0 spiro atoms. The second kappa shape index (κ2) is 8.89. The van der Waals surface area contributed by atoms with Gasteiger partial charge in [0.25, 0.3) is 5.24 Å². The maximum absolute atomic E-state index is 13.5. The fourth-order valence-corrected chi connectivity index (χ4v) is 3.76. The number of piperazine rings is 1. The molecule has 2 aliphatic rings. The van der Waals surface area contributed by atoms with E-state index < -0.39 is 30.3 Å². The molecule has 0 N–H and O–H groups in total. The molecular formula is C19H23ClF3N3O3. The molecule has 0 bridgehead atoms. The van der Waals surface area contributed by atoms with E-state index >= 15 is 0 Å². The summed E-state index contributed by atoms with van der Waals surface area (Å²) in [6, 6.07) is 3.37. The molecular weight excluding hydrogens is 411 g/mol. The second-order valence-corrected chi connectivity index (χ2v) is 7.31. The van der Waals surface area contributed by atoms with E-state index in [-0.39, 0.29) is 50.4 Å². The van der Waals surface area contributed by atoms with Crippen molar-refractivity contribution < 1.29 is 31.6 Å². The number of carbonyl (C=O) groups excluding carboxylic acids is 2. The molecule has 3 rings (SSSR count). The van der Waals surface area contributed by atoms with E-state index in [1.807, 2.05) is 0 Å². The molecule has 0 unspecified atom stereocenters. The number of benzene rings is 1. The minimum Gasteiger partial charge on any atom is -0.381 e. The lowest BCUT2D eigenvalue weighted by Crippen LogP contribution is -2.50. The molecule has 2 fully saturated rings. The number of hydrogen-bond donors (Lipinski definition) is 0. The van der Waals surface area contributed by atoms with Crippen LogP contribution < -0.4 is 9.80 Å². The Bertz CT molecular complexity index is 856. The van der Waals surface area contributed by atoms with E-state index in [0.29, 0.717) is 23.7 Å². The molecule has 0 saturated carbocycles. The molecule has 1 aromatic rings. The molecule has 1 aromatic carbocycles. The van der Waals surface area contributed by atoms with Crippen LogP contribution in [0.3, 0.4) is 0 Å². The predicted octanol–water partition coefficient (Wildman–Crippen LogP) is 2.89. The van der Waals surface area contributed by atoms with Crippen LogP contribution >= 0.6 is 11.6 Å². The molecule has 160 valence electrons. The zero-order valence-electron chi connectivity index (χ0n) is 18.5. The van der Waals surface area contributed by atoms with Crippen LogP contribution in [0.15, 0.2) is 18.2 Å². The van der Waals surface area contributed by atoms with Crippen LogP contribution in [0.1, 0.15) is 27.3 Å². The van der Waals surface area contributed by atoms with Gasteiger partial charge in [0, 0.05) is 55.2 Å². The largest absolute Gasteiger partial charge is 0.471 e. The Morgan fingerprint density at radius 3 is 2.41 bits per heavy atom. The SMILES string of the molecule is [2H]C([2H])([2H])N1CCN(c2ccc(C(=O)Cl)c(N(C(=O)C(F)(F)F)C3CCOCC3)c2)CC1. The second-order valence-electron chi connectivity index (χ2n) is 6.97. The van der Waals surface area contributed by atoms with E-state index in [0.717, 1.165) is 0 Å². The Morgan fingerprint density at radius 2 is 1.86 bits per heavy atom. The number of rotatable bonds is 4. The highest BCUT2D eigenvalue weighted by Gasteiger charge is 2.46. The number of carbonyl (C=O) groups is 2. The molecule has 10 heteroatoms.